The van der Waals surface area contributed by atoms with Crippen molar-refractivity contribution in [1.82, 2.24) is 0 Å². The molecule has 0 aliphatic heterocycles. The quantitative estimate of drug-likeness (QED) is 0.272. The molecule has 0 fully saturated rings. The van der Waals surface area contributed by atoms with Crippen LogP contribution in [-0.4, -0.2) is 31.0 Å². The lowest BCUT2D eigenvalue weighted by Crippen LogP contribution is -2.23. The normalized spacial score (nSPS) is 11.0. The number of carbonyl (C=O) groups excluding carboxylic acids is 1. The highest BCUT2D eigenvalue weighted by atomic mass is 35.5. The zero-order valence-corrected chi connectivity index (χ0v) is 18.2. The highest BCUT2D eigenvalue weighted by Gasteiger charge is 2.22. The van der Waals surface area contributed by atoms with E-state index in [4.69, 9.17) is 21.1 Å². The van der Waals surface area contributed by atoms with Gasteiger partial charge in [0.1, 0.15) is 5.78 Å². The van der Waals surface area contributed by atoms with E-state index < -0.39 is 6.04 Å². The van der Waals surface area contributed by atoms with Gasteiger partial charge in [-0.3, -0.25) is 14.9 Å². The average molecular weight is 434 g/mol. The number of halogens is 1. The number of benzene rings is 2. The second kappa shape index (κ2) is 13.4. The Balaban J connectivity index is 0.00000218. The van der Waals surface area contributed by atoms with E-state index in [2.05, 4.69) is 13.2 Å². The summed E-state index contributed by atoms with van der Waals surface area (Å²) in [5, 5.41) is 12.1. The van der Waals surface area contributed by atoms with Crippen molar-refractivity contribution in [2.24, 2.45) is 0 Å². The van der Waals surface area contributed by atoms with Crippen molar-refractivity contribution in [2.45, 2.75) is 38.1 Å². The zero-order chi connectivity index (χ0) is 22.5. The van der Waals surface area contributed by atoms with Crippen molar-refractivity contribution in [3.8, 4) is 11.5 Å². The summed E-state index contributed by atoms with van der Waals surface area (Å²) in [6.07, 6.45) is 1.60. The second-order valence-electron chi connectivity index (χ2n) is 6.54. The molecular formula is C23H28ClNO5. The van der Waals surface area contributed by atoms with Crippen LogP contribution in [0.3, 0.4) is 0 Å². The number of aryl methyl sites for hydroxylation is 1. The van der Waals surface area contributed by atoms with Crippen LogP contribution in [0.2, 0.25) is 5.02 Å². The summed E-state index contributed by atoms with van der Waals surface area (Å²) in [6.45, 7) is 6.00. The predicted octanol–water partition coefficient (Wildman–Crippen LogP) is 5.33. The molecule has 1 atom stereocenters. The van der Waals surface area contributed by atoms with Gasteiger partial charge in [0.05, 0.1) is 14.2 Å². The van der Waals surface area contributed by atoms with Crippen LogP contribution in [-0.2, 0) is 17.6 Å². The van der Waals surface area contributed by atoms with E-state index in [9.17, 15) is 14.9 Å². The third-order valence-corrected chi connectivity index (χ3v) is 4.83. The summed E-state index contributed by atoms with van der Waals surface area (Å²) in [4.78, 5) is 23.3. The molecule has 2 aromatic carbocycles. The number of nitro groups is 1. The summed E-state index contributed by atoms with van der Waals surface area (Å²) in [7, 11) is 3.05. The summed E-state index contributed by atoms with van der Waals surface area (Å²) in [6, 6.07) is 11.7. The summed E-state index contributed by atoms with van der Waals surface area (Å²) in [5.74, 6) is 1.12. The van der Waals surface area contributed by atoms with Crippen LogP contribution < -0.4 is 9.47 Å². The standard InChI is InChI=1S/C21H24ClNO5.C2H4/c1-27-20-12-6-16(14-21(20)28-2)13-18(23(25)26)9-11-19(24)10-5-15-3-7-17(22)8-4-15;1-2/h3-4,6-8,12,14,18H,5,9-11,13H2,1-2H3;1-2H2. The number of hydrogen-bond donors (Lipinski definition) is 0. The SMILES string of the molecule is C=C.COc1ccc(CC(CCC(=O)CCc2ccc(Cl)cc2)[N+](=O)[O-])cc1OC. The van der Waals surface area contributed by atoms with Crippen LogP contribution in [0.15, 0.2) is 55.6 Å². The first-order valence-corrected chi connectivity index (χ1v) is 9.91. The maximum atomic E-state index is 12.2. The van der Waals surface area contributed by atoms with Crippen molar-refractivity contribution in [3.63, 3.8) is 0 Å². The smallest absolute Gasteiger partial charge is 0.217 e. The van der Waals surface area contributed by atoms with Crippen LogP contribution in [0.1, 0.15) is 30.4 Å². The lowest BCUT2D eigenvalue weighted by atomic mass is 9.98. The molecule has 7 heteroatoms. The van der Waals surface area contributed by atoms with E-state index in [1.807, 2.05) is 12.1 Å². The average Bonchev–Trinajstić information content (AvgIpc) is 2.77. The third kappa shape index (κ3) is 8.25. The van der Waals surface area contributed by atoms with Crippen LogP contribution in [0.5, 0.6) is 11.5 Å². The molecule has 0 radical (unpaired) electrons. The van der Waals surface area contributed by atoms with Gasteiger partial charge in [-0.1, -0.05) is 29.8 Å². The fourth-order valence-electron chi connectivity index (χ4n) is 2.95. The van der Waals surface area contributed by atoms with Crippen molar-refractivity contribution in [3.05, 3.63) is 81.9 Å². The van der Waals surface area contributed by atoms with Gasteiger partial charge in [-0.25, -0.2) is 0 Å². The Labute approximate surface area is 182 Å². The van der Waals surface area contributed by atoms with E-state index in [-0.39, 0.29) is 30.0 Å². The Kier molecular flexibility index (Phi) is 11.2. The molecular weight excluding hydrogens is 406 g/mol. The highest BCUT2D eigenvalue weighted by molar-refractivity contribution is 6.30. The first-order chi connectivity index (χ1) is 14.4. The number of Topliss-reactive ketones (excluding diaryl/α,β-unsaturated/α-hetero) is 1. The molecule has 0 amide bonds. The first-order valence-electron chi connectivity index (χ1n) is 9.53. The van der Waals surface area contributed by atoms with E-state index in [1.54, 1.807) is 30.3 Å². The van der Waals surface area contributed by atoms with Gasteiger partial charge in [0.2, 0.25) is 6.04 Å². The molecule has 2 rings (SSSR count). The van der Waals surface area contributed by atoms with Crippen molar-refractivity contribution < 1.29 is 19.2 Å². The lowest BCUT2D eigenvalue weighted by molar-refractivity contribution is -0.522. The second-order valence-corrected chi connectivity index (χ2v) is 6.97. The molecule has 162 valence electrons. The number of carbonyl (C=O) groups is 1. The largest absolute Gasteiger partial charge is 0.493 e. The van der Waals surface area contributed by atoms with Crippen molar-refractivity contribution in [2.75, 3.05) is 14.2 Å². The number of methoxy groups -OCH3 is 2. The number of nitrogens with zero attached hydrogens (tertiary/aromatic N) is 1. The summed E-state index contributed by atoms with van der Waals surface area (Å²) in [5.41, 5.74) is 1.79. The Bertz CT molecular complexity index is 823. The minimum Gasteiger partial charge on any atom is -0.493 e. The van der Waals surface area contributed by atoms with E-state index in [1.165, 1.54) is 14.2 Å². The molecule has 0 aliphatic rings. The topological polar surface area (TPSA) is 78.7 Å². The molecule has 0 spiro atoms. The minimum atomic E-state index is -0.822. The zero-order valence-electron chi connectivity index (χ0n) is 17.4. The lowest BCUT2D eigenvalue weighted by Gasteiger charge is -2.12. The molecule has 0 saturated heterocycles. The number of hydrogen-bond acceptors (Lipinski definition) is 5. The molecule has 0 aromatic heterocycles. The molecule has 6 nitrogen and oxygen atoms in total. The molecule has 0 N–H and O–H groups in total. The predicted molar refractivity (Wildman–Crippen MR) is 119 cm³/mol. The summed E-state index contributed by atoms with van der Waals surface area (Å²) >= 11 is 5.85. The van der Waals surface area contributed by atoms with Crippen molar-refractivity contribution in [1.29, 1.82) is 0 Å². The van der Waals surface area contributed by atoms with Gasteiger partial charge in [0.15, 0.2) is 11.5 Å². The number of ketones is 1. The van der Waals surface area contributed by atoms with Gasteiger partial charge in [0, 0.05) is 35.6 Å². The van der Waals surface area contributed by atoms with Gasteiger partial charge in [-0.15, -0.1) is 13.2 Å². The molecule has 1 unspecified atom stereocenters. The maximum absolute atomic E-state index is 12.2. The molecule has 30 heavy (non-hydrogen) atoms. The van der Waals surface area contributed by atoms with E-state index in [0.29, 0.717) is 29.4 Å². The van der Waals surface area contributed by atoms with Gasteiger partial charge in [-0.05, 0) is 41.8 Å². The fraction of sp³-hybridized carbons (Fsp3) is 0.348. The fourth-order valence-corrected chi connectivity index (χ4v) is 3.08. The molecule has 0 heterocycles. The van der Waals surface area contributed by atoms with Gasteiger partial charge >= 0.3 is 0 Å². The molecule has 0 saturated carbocycles. The van der Waals surface area contributed by atoms with Gasteiger partial charge in [0.25, 0.3) is 0 Å². The maximum Gasteiger partial charge on any atom is 0.217 e. The molecule has 0 bridgehead atoms. The minimum absolute atomic E-state index is 0.0223. The van der Waals surface area contributed by atoms with Gasteiger partial charge < -0.3 is 9.47 Å². The van der Waals surface area contributed by atoms with Crippen molar-refractivity contribution >= 4 is 17.4 Å². The Morgan fingerprint density at radius 1 is 1.03 bits per heavy atom. The Morgan fingerprint density at radius 2 is 1.63 bits per heavy atom. The van der Waals surface area contributed by atoms with Gasteiger partial charge in [-0.2, -0.15) is 0 Å². The Morgan fingerprint density at radius 3 is 2.20 bits per heavy atom. The van der Waals surface area contributed by atoms with E-state index in [0.717, 1.165) is 11.1 Å². The third-order valence-electron chi connectivity index (χ3n) is 4.58. The summed E-state index contributed by atoms with van der Waals surface area (Å²) < 4.78 is 10.4. The first kappa shape index (κ1) is 25.2. The monoisotopic (exact) mass is 433 g/mol. The Hall–Kier alpha value is -2.86. The van der Waals surface area contributed by atoms with Crippen LogP contribution >= 0.6 is 11.6 Å². The van der Waals surface area contributed by atoms with Crippen LogP contribution in [0, 0.1) is 10.1 Å². The molecule has 0 aliphatic carbocycles. The van der Waals surface area contributed by atoms with Crippen LogP contribution in [0.4, 0.5) is 0 Å². The molecule has 2 aromatic rings. The van der Waals surface area contributed by atoms with Crippen LogP contribution in [0.25, 0.3) is 0 Å². The number of ether oxygens (including phenoxy) is 2. The number of rotatable bonds is 11. The van der Waals surface area contributed by atoms with E-state index >= 15 is 0 Å². The highest BCUT2D eigenvalue weighted by Crippen LogP contribution is 2.28.